The molecule has 88 valence electrons. The van der Waals surface area contributed by atoms with Crippen molar-refractivity contribution >= 4 is 17.6 Å². The van der Waals surface area contributed by atoms with Crippen molar-refractivity contribution in [1.82, 2.24) is 0 Å². The van der Waals surface area contributed by atoms with Crippen LogP contribution in [0.2, 0.25) is 0 Å². The van der Waals surface area contributed by atoms with E-state index < -0.39 is 11.8 Å². The lowest BCUT2D eigenvalue weighted by molar-refractivity contribution is 0.0520. The predicted molar refractivity (Wildman–Crippen MR) is 58.5 cm³/mol. The van der Waals surface area contributed by atoms with E-state index in [1.807, 2.05) is 0 Å². The molecule has 16 heavy (non-hydrogen) atoms. The Hall–Kier alpha value is -1.29. The second-order valence-electron chi connectivity index (χ2n) is 3.01. The number of carbonyl (C=O) groups is 1. The van der Waals surface area contributed by atoms with Crippen LogP contribution in [0.25, 0.3) is 0 Å². The molecule has 0 bridgehead atoms. The first kappa shape index (κ1) is 12.8. The second kappa shape index (κ2) is 5.70. The summed E-state index contributed by atoms with van der Waals surface area (Å²) in [7, 11) is 1.32. The zero-order valence-electron chi connectivity index (χ0n) is 9.05. The fourth-order valence-electron chi connectivity index (χ4n) is 1.24. The lowest BCUT2D eigenvalue weighted by Crippen LogP contribution is -2.09. The van der Waals surface area contributed by atoms with Crippen molar-refractivity contribution in [3.8, 4) is 5.75 Å². The van der Waals surface area contributed by atoms with E-state index >= 15 is 0 Å². The minimum atomic E-state index is -0.727. The zero-order chi connectivity index (χ0) is 12.1. The molecule has 0 N–H and O–H groups in total. The minimum absolute atomic E-state index is 0.0128. The smallest absolute Gasteiger partial charge is 0.341 e. The normalized spacial score (nSPS) is 10.0. The third-order valence-corrected chi connectivity index (χ3v) is 2.28. The molecule has 0 radical (unpaired) electrons. The number of carbonyl (C=O) groups excluding carboxylic acids is 1. The molecule has 1 rings (SSSR count). The summed E-state index contributed by atoms with van der Waals surface area (Å²) in [6.07, 6.45) is 0. The summed E-state index contributed by atoms with van der Waals surface area (Å²) in [5, 5.41) is 0. The van der Waals surface area contributed by atoms with E-state index in [0.29, 0.717) is 5.56 Å². The number of hydrogen-bond donors (Lipinski definition) is 0. The van der Waals surface area contributed by atoms with Gasteiger partial charge >= 0.3 is 5.97 Å². The fourth-order valence-corrected chi connectivity index (χ4v) is 1.39. The van der Waals surface area contributed by atoms with E-state index in [9.17, 15) is 9.18 Å². The third-order valence-electron chi connectivity index (χ3n) is 1.97. The highest BCUT2D eigenvalue weighted by molar-refractivity contribution is 6.17. The molecule has 0 saturated heterocycles. The molecule has 3 nitrogen and oxygen atoms in total. The van der Waals surface area contributed by atoms with Gasteiger partial charge in [-0.25, -0.2) is 9.18 Å². The van der Waals surface area contributed by atoms with Gasteiger partial charge in [-0.1, -0.05) is 0 Å². The summed E-state index contributed by atoms with van der Waals surface area (Å²) < 4.78 is 23.2. The molecular formula is C11H12ClFO3. The van der Waals surface area contributed by atoms with Gasteiger partial charge in [0.25, 0.3) is 0 Å². The van der Waals surface area contributed by atoms with Crippen molar-refractivity contribution in [2.75, 3.05) is 13.7 Å². The van der Waals surface area contributed by atoms with E-state index in [1.165, 1.54) is 19.2 Å². The molecule has 0 spiro atoms. The molecular weight excluding hydrogens is 235 g/mol. The molecule has 1 aromatic carbocycles. The van der Waals surface area contributed by atoms with Crippen LogP contribution in [0.15, 0.2) is 12.1 Å². The monoisotopic (exact) mass is 246 g/mol. The molecule has 5 heteroatoms. The Kier molecular flexibility index (Phi) is 4.55. The van der Waals surface area contributed by atoms with Crippen LogP contribution in [0.5, 0.6) is 5.75 Å². The Morgan fingerprint density at radius 2 is 2.19 bits per heavy atom. The highest BCUT2D eigenvalue weighted by atomic mass is 35.5. The van der Waals surface area contributed by atoms with Gasteiger partial charge in [0.05, 0.1) is 19.3 Å². The van der Waals surface area contributed by atoms with Gasteiger partial charge in [0.1, 0.15) is 0 Å². The molecule has 0 aromatic heterocycles. The van der Waals surface area contributed by atoms with E-state index in [0.717, 1.165) is 0 Å². The molecule has 0 atom stereocenters. The minimum Gasteiger partial charge on any atom is -0.494 e. The number of esters is 1. The van der Waals surface area contributed by atoms with Crippen molar-refractivity contribution in [2.24, 2.45) is 0 Å². The van der Waals surface area contributed by atoms with Crippen LogP contribution in [0.1, 0.15) is 22.8 Å². The highest BCUT2D eigenvalue weighted by Crippen LogP contribution is 2.24. The third kappa shape index (κ3) is 2.64. The number of ether oxygens (including phenoxy) is 2. The molecule has 0 heterocycles. The highest BCUT2D eigenvalue weighted by Gasteiger charge is 2.18. The lowest BCUT2D eigenvalue weighted by atomic mass is 10.1. The van der Waals surface area contributed by atoms with Crippen molar-refractivity contribution in [3.63, 3.8) is 0 Å². The molecule has 0 amide bonds. The summed E-state index contributed by atoms with van der Waals surface area (Å²) >= 11 is 5.63. The molecule has 0 aliphatic carbocycles. The maximum Gasteiger partial charge on any atom is 0.341 e. The molecule has 1 aromatic rings. The summed E-state index contributed by atoms with van der Waals surface area (Å²) in [5.74, 6) is -1.29. The number of benzene rings is 1. The number of methoxy groups -OCH3 is 1. The maximum absolute atomic E-state index is 13.7. The Bertz CT molecular complexity index is 393. The van der Waals surface area contributed by atoms with Gasteiger partial charge in [-0.15, -0.1) is 11.6 Å². The van der Waals surface area contributed by atoms with Gasteiger partial charge < -0.3 is 9.47 Å². The van der Waals surface area contributed by atoms with Gasteiger partial charge in [-0.05, 0) is 24.6 Å². The molecule has 0 unspecified atom stereocenters. The van der Waals surface area contributed by atoms with Crippen molar-refractivity contribution < 1.29 is 18.7 Å². The summed E-state index contributed by atoms with van der Waals surface area (Å²) in [4.78, 5) is 11.4. The Balaban J connectivity index is 3.20. The van der Waals surface area contributed by atoms with Crippen molar-refractivity contribution in [1.29, 1.82) is 0 Å². The second-order valence-corrected chi connectivity index (χ2v) is 3.28. The quantitative estimate of drug-likeness (QED) is 0.605. The van der Waals surface area contributed by atoms with Crippen LogP contribution in [-0.2, 0) is 10.6 Å². The predicted octanol–water partition coefficient (Wildman–Crippen LogP) is 2.75. The van der Waals surface area contributed by atoms with Crippen molar-refractivity contribution in [2.45, 2.75) is 12.8 Å². The Morgan fingerprint density at radius 3 is 2.69 bits per heavy atom. The fraction of sp³-hybridized carbons (Fsp3) is 0.364. The number of hydrogen-bond acceptors (Lipinski definition) is 3. The summed E-state index contributed by atoms with van der Waals surface area (Å²) in [6, 6.07) is 2.81. The van der Waals surface area contributed by atoms with Crippen LogP contribution in [0.4, 0.5) is 4.39 Å². The first-order valence-corrected chi connectivity index (χ1v) is 5.27. The van der Waals surface area contributed by atoms with Crippen LogP contribution < -0.4 is 4.74 Å². The first-order valence-electron chi connectivity index (χ1n) is 4.73. The Labute approximate surface area is 98.1 Å². The summed E-state index contributed by atoms with van der Waals surface area (Å²) in [5.41, 5.74) is 0.444. The molecule has 0 fully saturated rings. The standard InChI is InChI=1S/C11H12ClFO3/c1-3-16-11(14)8-4-7(6-12)5-9(15-2)10(8)13/h4-5H,3,6H2,1-2H3. The first-order chi connectivity index (χ1) is 7.63. The average Bonchev–Trinajstić information content (AvgIpc) is 2.29. The number of halogens is 2. The molecule has 0 aliphatic heterocycles. The van der Waals surface area contributed by atoms with Crippen LogP contribution in [-0.4, -0.2) is 19.7 Å². The van der Waals surface area contributed by atoms with E-state index in [-0.39, 0.29) is 23.8 Å². The van der Waals surface area contributed by atoms with Gasteiger partial charge in [0.15, 0.2) is 11.6 Å². The lowest BCUT2D eigenvalue weighted by Gasteiger charge is -2.09. The van der Waals surface area contributed by atoms with Crippen LogP contribution >= 0.6 is 11.6 Å². The molecule has 0 saturated carbocycles. The van der Waals surface area contributed by atoms with Gasteiger partial charge in [-0.2, -0.15) is 0 Å². The maximum atomic E-state index is 13.7. The number of alkyl halides is 1. The van der Waals surface area contributed by atoms with E-state index in [4.69, 9.17) is 21.1 Å². The summed E-state index contributed by atoms with van der Waals surface area (Å²) in [6.45, 7) is 1.84. The van der Waals surface area contributed by atoms with Crippen molar-refractivity contribution in [3.05, 3.63) is 29.1 Å². The largest absolute Gasteiger partial charge is 0.494 e. The van der Waals surface area contributed by atoms with Crippen LogP contribution in [0, 0.1) is 5.82 Å². The van der Waals surface area contributed by atoms with Gasteiger partial charge in [0.2, 0.25) is 0 Å². The average molecular weight is 247 g/mol. The van der Waals surface area contributed by atoms with E-state index in [1.54, 1.807) is 6.92 Å². The SMILES string of the molecule is CCOC(=O)c1cc(CCl)cc(OC)c1F. The van der Waals surface area contributed by atoms with Crippen LogP contribution in [0.3, 0.4) is 0 Å². The van der Waals surface area contributed by atoms with Gasteiger partial charge in [0, 0.05) is 5.88 Å². The van der Waals surface area contributed by atoms with Gasteiger partial charge in [-0.3, -0.25) is 0 Å². The number of rotatable bonds is 4. The molecule has 0 aliphatic rings. The van der Waals surface area contributed by atoms with E-state index in [2.05, 4.69) is 0 Å². The Morgan fingerprint density at radius 1 is 1.50 bits per heavy atom. The zero-order valence-corrected chi connectivity index (χ0v) is 9.81. The topological polar surface area (TPSA) is 35.5 Å².